The van der Waals surface area contributed by atoms with Crippen LogP contribution >= 0.6 is 0 Å². The lowest BCUT2D eigenvalue weighted by atomic mass is 9.95. The van der Waals surface area contributed by atoms with Crippen LogP contribution in [0.5, 0.6) is 0 Å². The number of benzene rings is 1. The van der Waals surface area contributed by atoms with Gasteiger partial charge in [-0.05, 0) is 55.2 Å². The van der Waals surface area contributed by atoms with Crippen molar-refractivity contribution in [3.05, 3.63) is 59.5 Å². The zero-order valence-corrected chi connectivity index (χ0v) is 18.3. The van der Waals surface area contributed by atoms with Crippen molar-refractivity contribution in [2.24, 2.45) is 5.92 Å². The molecule has 178 valence electrons. The number of halogens is 3. The molecule has 1 saturated carbocycles. The highest BCUT2D eigenvalue weighted by Gasteiger charge is 2.37. The van der Waals surface area contributed by atoms with E-state index in [4.69, 9.17) is 4.42 Å². The van der Waals surface area contributed by atoms with Crippen LogP contribution in [0.1, 0.15) is 47.4 Å². The summed E-state index contributed by atoms with van der Waals surface area (Å²) in [6.45, 7) is 2.27. The summed E-state index contributed by atoms with van der Waals surface area (Å²) in [4.78, 5) is 29.7. The van der Waals surface area contributed by atoms with E-state index in [0.717, 1.165) is 37.8 Å². The number of nitrogens with one attached hydrogen (secondary N) is 1. The number of nitrogens with zero attached hydrogens (tertiary/aromatic N) is 2. The van der Waals surface area contributed by atoms with Gasteiger partial charge in [-0.3, -0.25) is 14.5 Å². The Kier molecular flexibility index (Phi) is 7.07. The van der Waals surface area contributed by atoms with Crippen molar-refractivity contribution in [2.75, 3.05) is 26.2 Å². The number of carbonyl (C=O) groups is 2. The molecular weight excluding hydrogens is 435 g/mol. The zero-order chi connectivity index (χ0) is 23.4. The fraction of sp³-hybridized carbons (Fsp3) is 0.500. The third-order valence-corrected chi connectivity index (χ3v) is 6.59. The van der Waals surface area contributed by atoms with Crippen LogP contribution < -0.4 is 5.32 Å². The first-order valence-corrected chi connectivity index (χ1v) is 11.3. The van der Waals surface area contributed by atoms with Gasteiger partial charge in [0.15, 0.2) is 0 Å². The highest BCUT2D eigenvalue weighted by molar-refractivity contribution is 5.94. The molecule has 1 aliphatic carbocycles. The summed E-state index contributed by atoms with van der Waals surface area (Å²) in [6, 6.07) is 7.65. The molecule has 0 radical (unpaired) electrons. The molecule has 2 amide bonds. The number of carbonyl (C=O) groups excluding carboxylic acids is 2. The standard InChI is InChI=1S/C24H28F3N3O3/c25-24(26,27)19-9-7-18(8-10-19)23(32)30-13-11-29(12-14-30)21(17-4-1-2-5-17)22(31)28-16-20-6-3-15-33-20/h3,6-10,15,17,21H,1-2,4-5,11-14,16H2,(H,28,31). The highest BCUT2D eigenvalue weighted by atomic mass is 19.4. The molecule has 1 aliphatic heterocycles. The minimum Gasteiger partial charge on any atom is -0.467 e. The van der Waals surface area contributed by atoms with E-state index in [2.05, 4.69) is 10.2 Å². The van der Waals surface area contributed by atoms with Crippen molar-refractivity contribution in [1.29, 1.82) is 0 Å². The van der Waals surface area contributed by atoms with E-state index in [1.807, 2.05) is 6.07 Å². The molecule has 33 heavy (non-hydrogen) atoms. The van der Waals surface area contributed by atoms with Crippen LogP contribution in [0, 0.1) is 5.92 Å². The molecule has 1 atom stereocenters. The lowest BCUT2D eigenvalue weighted by Crippen LogP contribution is -2.57. The monoisotopic (exact) mass is 463 g/mol. The number of hydrogen-bond donors (Lipinski definition) is 1. The molecule has 1 aromatic carbocycles. The molecule has 4 rings (SSSR count). The maximum Gasteiger partial charge on any atom is 0.416 e. The zero-order valence-electron chi connectivity index (χ0n) is 18.3. The molecule has 6 nitrogen and oxygen atoms in total. The molecule has 2 fully saturated rings. The van der Waals surface area contributed by atoms with E-state index in [0.29, 0.717) is 38.5 Å². The average Bonchev–Trinajstić information content (AvgIpc) is 3.52. The highest BCUT2D eigenvalue weighted by Crippen LogP contribution is 2.32. The Morgan fingerprint density at radius 1 is 1.03 bits per heavy atom. The van der Waals surface area contributed by atoms with Crippen molar-refractivity contribution in [3.63, 3.8) is 0 Å². The summed E-state index contributed by atoms with van der Waals surface area (Å²) in [5.74, 6) is 0.656. The maximum absolute atomic E-state index is 13.1. The van der Waals surface area contributed by atoms with Gasteiger partial charge >= 0.3 is 6.18 Å². The second-order valence-electron chi connectivity index (χ2n) is 8.69. The Hall–Kier alpha value is -2.81. The molecule has 2 aliphatic rings. The summed E-state index contributed by atoms with van der Waals surface area (Å²) < 4.78 is 43.7. The van der Waals surface area contributed by atoms with Gasteiger partial charge in [0.1, 0.15) is 5.76 Å². The van der Waals surface area contributed by atoms with Crippen molar-refractivity contribution in [1.82, 2.24) is 15.1 Å². The molecule has 1 aromatic heterocycles. The van der Waals surface area contributed by atoms with E-state index < -0.39 is 11.7 Å². The molecule has 1 unspecified atom stereocenters. The number of amides is 2. The molecule has 0 spiro atoms. The van der Waals surface area contributed by atoms with Gasteiger partial charge in [0.2, 0.25) is 5.91 Å². The van der Waals surface area contributed by atoms with E-state index in [1.165, 1.54) is 12.1 Å². The van der Waals surface area contributed by atoms with Crippen LogP contribution in [0.2, 0.25) is 0 Å². The fourth-order valence-corrected chi connectivity index (χ4v) is 4.83. The number of piperazine rings is 1. The Labute approximate surface area is 190 Å². The quantitative estimate of drug-likeness (QED) is 0.705. The van der Waals surface area contributed by atoms with E-state index in [9.17, 15) is 22.8 Å². The number of alkyl halides is 3. The van der Waals surface area contributed by atoms with Gasteiger partial charge in [0.25, 0.3) is 5.91 Å². The molecule has 1 N–H and O–H groups in total. The summed E-state index contributed by atoms with van der Waals surface area (Å²) in [5, 5.41) is 2.99. The Bertz CT molecular complexity index is 930. The van der Waals surface area contributed by atoms with Gasteiger partial charge in [-0.1, -0.05) is 12.8 Å². The number of rotatable bonds is 6. The van der Waals surface area contributed by atoms with E-state index >= 15 is 0 Å². The summed E-state index contributed by atoms with van der Waals surface area (Å²) in [6.07, 6.45) is 1.37. The normalized spacial score (nSPS) is 18.9. The van der Waals surface area contributed by atoms with Gasteiger partial charge in [-0.25, -0.2) is 0 Å². The average molecular weight is 464 g/mol. The fourth-order valence-electron chi connectivity index (χ4n) is 4.83. The maximum atomic E-state index is 13.1. The first-order valence-electron chi connectivity index (χ1n) is 11.3. The second kappa shape index (κ2) is 9.99. The van der Waals surface area contributed by atoms with Gasteiger partial charge in [0, 0.05) is 31.7 Å². The lowest BCUT2D eigenvalue weighted by Gasteiger charge is -2.40. The number of furan rings is 1. The second-order valence-corrected chi connectivity index (χ2v) is 8.69. The van der Waals surface area contributed by atoms with Crippen molar-refractivity contribution in [2.45, 2.75) is 44.4 Å². The minimum atomic E-state index is -4.43. The largest absolute Gasteiger partial charge is 0.467 e. The Morgan fingerprint density at radius 2 is 1.70 bits per heavy atom. The number of hydrogen-bond acceptors (Lipinski definition) is 4. The van der Waals surface area contributed by atoms with E-state index in [1.54, 1.807) is 17.2 Å². The van der Waals surface area contributed by atoms with Crippen LogP contribution in [0.4, 0.5) is 13.2 Å². The van der Waals surface area contributed by atoms with Crippen LogP contribution in [0.15, 0.2) is 47.1 Å². The van der Waals surface area contributed by atoms with Crippen LogP contribution in [0.3, 0.4) is 0 Å². The topological polar surface area (TPSA) is 65.8 Å². The van der Waals surface area contributed by atoms with E-state index in [-0.39, 0.29) is 29.3 Å². The first-order chi connectivity index (χ1) is 15.8. The SMILES string of the molecule is O=C(NCc1ccco1)C(C1CCCC1)N1CCN(C(=O)c2ccc(C(F)(F)F)cc2)CC1. The molecule has 9 heteroatoms. The van der Waals surface area contributed by atoms with Crippen LogP contribution in [0.25, 0.3) is 0 Å². The lowest BCUT2D eigenvalue weighted by molar-refractivity contribution is -0.137. The predicted octanol–water partition coefficient (Wildman–Crippen LogP) is 3.93. The predicted molar refractivity (Wildman–Crippen MR) is 115 cm³/mol. The van der Waals surface area contributed by atoms with Crippen LogP contribution in [-0.2, 0) is 17.5 Å². The smallest absolute Gasteiger partial charge is 0.416 e. The van der Waals surface area contributed by atoms with Gasteiger partial charge in [-0.2, -0.15) is 13.2 Å². The molecule has 1 saturated heterocycles. The first kappa shape index (κ1) is 23.4. The molecule has 2 heterocycles. The molecule has 2 aromatic rings. The third-order valence-electron chi connectivity index (χ3n) is 6.59. The van der Waals surface area contributed by atoms with Crippen molar-refractivity contribution in [3.8, 4) is 0 Å². The molecular formula is C24H28F3N3O3. The summed E-state index contributed by atoms with van der Waals surface area (Å²) >= 11 is 0. The van der Waals surface area contributed by atoms with Crippen molar-refractivity contribution < 1.29 is 27.2 Å². The van der Waals surface area contributed by atoms with Crippen molar-refractivity contribution >= 4 is 11.8 Å². The molecule has 0 bridgehead atoms. The summed E-state index contributed by atoms with van der Waals surface area (Å²) in [5.41, 5.74) is -0.538. The third kappa shape index (κ3) is 5.58. The minimum absolute atomic E-state index is 0.0270. The van der Waals surface area contributed by atoms with Gasteiger partial charge in [0.05, 0.1) is 24.4 Å². The van der Waals surface area contributed by atoms with Gasteiger partial charge in [-0.15, -0.1) is 0 Å². The summed E-state index contributed by atoms with van der Waals surface area (Å²) in [7, 11) is 0. The van der Waals surface area contributed by atoms with Gasteiger partial charge < -0.3 is 14.6 Å². The Balaban J connectivity index is 1.37. The Morgan fingerprint density at radius 3 is 2.27 bits per heavy atom. The van der Waals surface area contributed by atoms with Crippen LogP contribution in [-0.4, -0.2) is 53.8 Å².